The van der Waals surface area contributed by atoms with E-state index < -0.39 is 29.5 Å². The van der Waals surface area contributed by atoms with Crippen LogP contribution in [0.3, 0.4) is 0 Å². The van der Waals surface area contributed by atoms with E-state index in [9.17, 15) is 14.9 Å². The van der Waals surface area contributed by atoms with Crippen molar-refractivity contribution in [2.75, 3.05) is 6.61 Å². The van der Waals surface area contributed by atoms with Gasteiger partial charge in [-0.25, -0.2) is 9.78 Å². The molecule has 1 atom stereocenters. The third-order valence-corrected chi connectivity index (χ3v) is 5.98. The number of benzene rings is 1. The molecule has 0 saturated carbocycles. The number of halogens is 1. The standard InChI is InChI=1S/C22H24ClN5O5S/c1-11-6-7-14(8-15(11)23)19-26-17(12(2)34-19)18(16(25)9-24)28-27-13(3)33-21(31)32-10-22(4,5)20(29)30/h6-8,13,25,27H,10H2,1-5H3,(H,29,30)/b25-16?,28-18+. The molecule has 0 bridgehead atoms. The minimum Gasteiger partial charge on any atom is -0.481 e. The van der Waals surface area contributed by atoms with E-state index >= 15 is 0 Å². The average Bonchev–Trinajstić information content (AvgIpc) is 3.15. The van der Waals surface area contributed by atoms with Gasteiger partial charge in [0.15, 0.2) is 11.9 Å². The van der Waals surface area contributed by atoms with Crippen molar-refractivity contribution in [3.05, 3.63) is 39.4 Å². The lowest BCUT2D eigenvalue weighted by Crippen LogP contribution is -2.33. The van der Waals surface area contributed by atoms with Gasteiger partial charge in [0.05, 0.1) is 5.41 Å². The Balaban J connectivity index is 2.18. The maximum absolute atomic E-state index is 11.9. The smallest absolute Gasteiger partial charge is 0.481 e. The highest BCUT2D eigenvalue weighted by molar-refractivity contribution is 7.15. The van der Waals surface area contributed by atoms with Crippen LogP contribution in [0.25, 0.3) is 10.6 Å². The van der Waals surface area contributed by atoms with Crippen molar-refractivity contribution < 1.29 is 24.2 Å². The molecule has 2 aromatic rings. The van der Waals surface area contributed by atoms with Gasteiger partial charge in [-0.05, 0) is 46.2 Å². The number of carboxylic acids is 1. The molecular formula is C22H24ClN5O5S. The molecule has 0 aliphatic heterocycles. The van der Waals surface area contributed by atoms with Gasteiger partial charge in [-0.3, -0.25) is 15.6 Å². The maximum atomic E-state index is 11.9. The Hall–Kier alpha value is -3.49. The van der Waals surface area contributed by atoms with E-state index in [-0.39, 0.29) is 12.3 Å². The van der Waals surface area contributed by atoms with Crippen molar-refractivity contribution in [1.29, 1.82) is 10.7 Å². The van der Waals surface area contributed by atoms with Crippen LogP contribution in [0.1, 0.15) is 36.9 Å². The lowest BCUT2D eigenvalue weighted by atomic mass is 9.95. The van der Waals surface area contributed by atoms with Gasteiger partial charge in [-0.15, -0.1) is 11.3 Å². The van der Waals surface area contributed by atoms with Crippen LogP contribution in [0.2, 0.25) is 5.02 Å². The largest absolute Gasteiger partial charge is 0.510 e. The van der Waals surface area contributed by atoms with Crippen molar-refractivity contribution in [3.8, 4) is 16.6 Å². The molecule has 2 rings (SSSR count). The molecule has 0 aliphatic carbocycles. The van der Waals surface area contributed by atoms with Crippen molar-refractivity contribution >= 4 is 46.5 Å². The summed E-state index contributed by atoms with van der Waals surface area (Å²) in [7, 11) is 0. The Morgan fingerprint density at radius 1 is 1.41 bits per heavy atom. The summed E-state index contributed by atoms with van der Waals surface area (Å²) in [6.07, 6.45) is -2.10. The number of ether oxygens (including phenoxy) is 2. The van der Waals surface area contributed by atoms with Crippen molar-refractivity contribution in [2.24, 2.45) is 10.5 Å². The summed E-state index contributed by atoms with van der Waals surface area (Å²) in [6, 6.07) is 7.27. The van der Waals surface area contributed by atoms with Gasteiger partial charge < -0.3 is 14.6 Å². The summed E-state index contributed by atoms with van der Waals surface area (Å²) in [6.45, 7) is 7.56. The SMILES string of the molecule is Cc1ccc(-c2nc(/C(=N/NC(C)OC(=O)OCC(C)(C)C(=O)O)C(=N)C#N)c(C)s2)cc1Cl. The molecular weight excluding hydrogens is 482 g/mol. The monoisotopic (exact) mass is 505 g/mol. The van der Waals surface area contributed by atoms with Crippen molar-refractivity contribution in [1.82, 2.24) is 10.4 Å². The van der Waals surface area contributed by atoms with Gasteiger partial charge in [0.25, 0.3) is 0 Å². The van der Waals surface area contributed by atoms with Crippen LogP contribution in [-0.2, 0) is 14.3 Å². The number of nitrogens with one attached hydrogen (secondary N) is 2. The lowest BCUT2D eigenvalue weighted by molar-refractivity contribution is -0.149. The first-order chi connectivity index (χ1) is 15.9. The fourth-order valence-corrected chi connectivity index (χ4v) is 3.50. The van der Waals surface area contributed by atoms with Crippen LogP contribution in [0.15, 0.2) is 23.3 Å². The molecule has 10 nitrogen and oxygen atoms in total. The normalized spacial score (nSPS) is 12.4. The van der Waals surface area contributed by atoms with Crippen LogP contribution in [0, 0.1) is 36.0 Å². The third-order valence-electron chi connectivity index (χ3n) is 4.55. The number of nitrogens with zero attached hydrogens (tertiary/aromatic N) is 3. The predicted octanol–water partition coefficient (Wildman–Crippen LogP) is 4.53. The number of hydrogen-bond donors (Lipinski definition) is 3. The second kappa shape index (κ2) is 11.1. The minimum atomic E-state index is -1.27. The van der Waals surface area contributed by atoms with E-state index in [0.29, 0.717) is 15.7 Å². The fraction of sp³-hybridized carbons (Fsp3) is 0.364. The first kappa shape index (κ1) is 26.8. The zero-order valence-corrected chi connectivity index (χ0v) is 20.8. The minimum absolute atomic E-state index is 0.0310. The Kier molecular flexibility index (Phi) is 8.73. The molecule has 0 fully saturated rings. The topological polar surface area (TPSA) is 158 Å². The highest BCUT2D eigenvalue weighted by Gasteiger charge is 2.29. The first-order valence-corrected chi connectivity index (χ1v) is 11.2. The van der Waals surface area contributed by atoms with E-state index in [0.717, 1.165) is 16.0 Å². The van der Waals surface area contributed by atoms with Gasteiger partial charge in [0.1, 0.15) is 29.1 Å². The number of carbonyl (C=O) groups is 2. The molecule has 12 heteroatoms. The van der Waals surface area contributed by atoms with Crippen LogP contribution in [0.5, 0.6) is 0 Å². The van der Waals surface area contributed by atoms with E-state index in [1.54, 1.807) is 19.1 Å². The molecule has 1 aromatic carbocycles. The number of hydrazone groups is 1. The highest BCUT2D eigenvalue weighted by atomic mass is 35.5. The summed E-state index contributed by atoms with van der Waals surface area (Å²) >= 11 is 7.58. The molecule has 180 valence electrons. The molecule has 0 amide bonds. The first-order valence-electron chi connectivity index (χ1n) is 9.99. The molecule has 34 heavy (non-hydrogen) atoms. The summed E-state index contributed by atoms with van der Waals surface area (Å²) in [5.74, 6) is -1.12. The van der Waals surface area contributed by atoms with Crippen LogP contribution in [-0.4, -0.2) is 46.5 Å². The number of aryl methyl sites for hydroxylation is 2. The molecule has 3 N–H and O–H groups in total. The molecule has 1 heterocycles. The number of hydrogen-bond acceptors (Lipinski definition) is 10. The van der Waals surface area contributed by atoms with E-state index in [4.69, 9.17) is 31.6 Å². The Morgan fingerprint density at radius 2 is 2.09 bits per heavy atom. The molecule has 0 saturated heterocycles. The number of carbonyl (C=O) groups excluding carboxylic acids is 1. The van der Waals surface area contributed by atoms with Crippen LogP contribution < -0.4 is 5.43 Å². The number of aliphatic carboxylic acids is 1. The fourth-order valence-electron chi connectivity index (χ4n) is 2.41. The second-order valence-electron chi connectivity index (χ2n) is 7.95. The van der Waals surface area contributed by atoms with Crippen LogP contribution in [0.4, 0.5) is 4.79 Å². The van der Waals surface area contributed by atoms with Gasteiger partial charge in [0, 0.05) is 15.5 Å². The summed E-state index contributed by atoms with van der Waals surface area (Å²) in [5, 5.41) is 31.6. The second-order valence-corrected chi connectivity index (χ2v) is 9.56. The number of thiazole rings is 1. The van der Waals surface area contributed by atoms with Crippen molar-refractivity contribution in [3.63, 3.8) is 0 Å². The molecule has 0 radical (unpaired) electrons. The molecule has 0 aliphatic rings. The van der Waals surface area contributed by atoms with Gasteiger partial charge in [0.2, 0.25) is 0 Å². The van der Waals surface area contributed by atoms with E-state index in [2.05, 4.69) is 15.5 Å². The lowest BCUT2D eigenvalue weighted by Gasteiger charge is -2.19. The predicted molar refractivity (Wildman–Crippen MR) is 128 cm³/mol. The average molecular weight is 506 g/mol. The van der Waals surface area contributed by atoms with Crippen molar-refractivity contribution in [2.45, 2.75) is 40.8 Å². The number of carboxylic acid groups (broad SMARTS) is 1. The van der Waals surface area contributed by atoms with Gasteiger partial charge >= 0.3 is 12.1 Å². The third kappa shape index (κ3) is 6.76. The Morgan fingerprint density at radius 3 is 2.68 bits per heavy atom. The quantitative estimate of drug-likeness (QED) is 0.194. The summed E-state index contributed by atoms with van der Waals surface area (Å²) in [4.78, 5) is 28.2. The zero-order valence-electron chi connectivity index (χ0n) is 19.2. The number of rotatable bonds is 9. The van der Waals surface area contributed by atoms with E-state index in [1.807, 2.05) is 19.1 Å². The van der Waals surface area contributed by atoms with Gasteiger partial charge in [-0.2, -0.15) is 10.4 Å². The Labute approximate surface area is 205 Å². The maximum Gasteiger partial charge on any atom is 0.510 e. The summed E-state index contributed by atoms with van der Waals surface area (Å²) < 4.78 is 9.84. The Bertz CT molecular complexity index is 1180. The summed E-state index contributed by atoms with van der Waals surface area (Å²) in [5.41, 5.74) is 2.84. The molecule has 0 spiro atoms. The van der Waals surface area contributed by atoms with Gasteiger partial charge in [-0.1, -0.05) is 23.7 Å². The highest BCUT2D eigenvalue weighted by Crippen LogP contribution is 2.31. The molecule has 1 unspecified atom stereocenters. The number of nitriles is 1. The van der Waals surface area contributed by atoms with E-state index in [1.165, 1.54) is 32.1 Å². The zero-order chi connectivity index (χ0) is 25.6. The van der Waals surface area contributed by atoms with Crippen LogP contribution >= 0.6 is 22.9 Å². The molecule has 1 aromatic heterocycles. The number of aromatic nitrogens is 1.